The molecule has 1 atom stereocenters. The van der Waals surface area contributed by atoms with Crippen LogP contribution in [-0.2, 0) is 9.84 Å². The van der Waals surface area contributed by atoms with E-state index >= 15 is 0 Å². The summed E-state index contributed by atoms with van der Waals surface area (Å²) in [6.07, 6.45) is 4.27. The molecule has 0 bridgehead atoms. The Hall–Kier alpha value is -1.67. The van der Waals surface area contributed by atoms with Crippen molar-refractivity contribution in [2.75, 3.05) is 31.2 Å². The zero-order valence-electron chi connectivity index (χ0n) is 13.5. The molecule has 128 valence electrons. The smallest absolute Gasteiger partial charge is 0.293 e. The lowest BCUT2D eigenvalue weighted by Gasteiger charge is -2.24. The molecule has 1 aromatic carbocycles. The van der Waals surface area contributed by atoms with Gasteiger partial charge in [0.05, 0.1) is 9.82 Å². The van der Waals surface area contributed by atoms with Crippen LogP contribution in [0.25, 0.3) is 0 Å². The second-order valence-electron chi connectivity index (χ2n) is 5.97. The molecule has 1 N–H and O–H groups in total. The Kier molecular flexibility index (Phi) is 5.59. The molecule has 2 rings (SSSR count). The second-order valence-corrected chi connectivity index (χ2v) is 7.98. The number of sulfone groups is 1. The van der Waals surface area contributed by atoms with E-state index in [4.69, 9.17) is 0 Å². The third-order valence-corrected chi connectivity index (χ3v) is 5.23. The Morgan fingerprint density at radius 2 is 2.00 bits per heavy atom. The summed E-state index contributed by atoms with van der Waals surface area (Å²) in [6, 6.07) is 4.12. The second kappa shape index (κ2) is 7.27. The molecule has 1 heterocycles. The fourth-order valence-electron chi connectivity index (χ4n) is 2.79. The van der Waals surface area contributed by atoms with Crippen LogP contribution in [0.5, 0.6) is 0 Å². The number of anilines is 1. The predicted molar refractivity (Wildman–Crippen MR) is 89.6 cm³/mol. The quantitative estimate of drug-likeness (QED) is 0.604. The number of nitrogens with one attached hydrogen (secondary N) is 1. The maximum Gasteiger partial charge on any atom is 0.293 e. The van der Waals surface area contributed by atoms with Crippen molar-refractivity contribution in [3.63, 3.8) is 0 Å². The van der Waals surface area contributed by atoms with Crippen LogP contribution in [0.1, 0.15) is 26.2 Å². The van der Waals surface area contributed by atoms with Crippen molar-refractivity contribution in [1.82, 2.24) is 4.90 Å². The monoisotopic (exact) mass is 341 g/mol. The number of nitro groups is 1. The molecule has 0 radical (unpaired) electrons. The number of hydrogen-bond acceptors (Lipinski definition) is 6. The van der Waals surface area contributed by atoms with Crippen LogP contribution < -0.4 is 5.32 Å². The Morgan fingerprint density at radius 3 is 2.52 bits per heavy atom. The van der Waals surface area contributed by atoms with E-state index in [1.54, 1.807) is 0 Å². The first kappa shape index (κ1) is 17.7. The van der Waals surface area contributed by atoms with Crippen LogP contribution >= 0.6 is 0 Å². The van der Waals surface area contributed by atoms with E-state index in [9.17, 15) is 18.5 Å². The maximum atomic E-state index is 11.6. The Bertz CT molecular complexity index is 669. The van der Waals surface area contributed by atoms with Crippen molar-refractivity contribution < 1.29 is 13.3 Å². The summed E-state index contributed by atoms with van der Waals surface area (Å²) >= 11 is 0. The molecule has 0 aromatic heterocycles. The van der Waals surface area contributed by atoms with E-state index in [1.807, 2.05) is 6.92 Å². The minimum atomic E-state index is -3.47. The molecular weight excluding hydrogens is 318 g/mol. The highest BCUT2D eigenvalue weighted by molar-refractivity contribution is 7.90. The molecule has 1 aliphatic rings. The van der Waals surface area contributed by atoms with Gasteiger partial charge in [-0.1, -0.05) is 6.92 Å². The van der Waals surface area contributed by atoms with E-state index in [-0.39, 0.29) is 16.6 Å². The van der Waals surface area contributed by atoms with Crippen molar-refractivity contribution in [2.45, 2.75) is 37.1 Å². The summed E-state index contributed by atoms with van der Waals surface area (Å²) < 4.78 is 23.2. The van der Waals surface area contributed by atoms with E-state index in [0.29, 0.717) is 5.69 Å². The van der Waals surface area contributed by atoms with Gasteiger partial charge in [0.1, 0.15) is 5.69 Å². The molecule has 8 heteroatoms. The summed E-state index contributed by atoms with van der Waals surface area (Å²) in [5, 5.41) is 14.5. The van der Waals surface area contributed by atoms with E-state index in [0.717, 1.165) is 38.4 Å². The summed E-state index contributed by atoms with van der Waals surface area (Å²) in [7, 11) is -3.47. The Labute approximate surface area is 136 Å². The van der Waals surface area contributed by atoms with Crippen LogP contribution in [0.3, 0.4) is 0 Å². The third-order valence-electron chi connectivity index (χ3n) is 4.12. The molecule has 0 amide bonds. The Morgan fingerprint density at radius 1 is 1.35 bits per heavy atom. The lowest BCUT2D eigenvalue weighted by molar-refractivity contribution is -0.384. The van der Waals surface area contributed by atoms with E-state index < -0.39 is 14.8 Å². The predicted octanol–water partition coefficient (Wildman–Crippen LogP) is 2.28. The number of rotatable bonds is 7. The lowest BCUT2D eigenvalue weighted by atomic mass is 10.2. The molecule has 0 saturated carbocycles. The molecular formula is C15H23N3O4S. The maximum absolute atomic E-state index is 11.6. The van der Waals surface area contributed by atoms with Crippen LogP contribution in [0, 0.1) is 10.1 Å². The fraction of sp³-hybridized carbons (Fsp3) is 0.600. The molecule has 0 aliphatic carbocycles. The van der Waals surface area contributed by atoms with Gasteiger partial charge in [0.15, 0.2) is 9.84 Å². The van der Waals surface area contributed by atoms with Crippen molar-refractivity contribution >= 4 is 21.2 Å². The average molecular weight is 341 g/mol. The number of likely N-dealkylation sites (tertiary alicyclic amines) is 1. The molecule has 7 nitrogen and oxygen atoms in total. The minimum Gasteiger partial charge on any atom is -0.375 e. The molecule has 1 aliphatic heterocycles. The first-order valence-corrected chi connectivity index (χ1v) is 9.67. The molecule has 23 heavy (non-hydrogen) atoms. The SMILES string of the molecule is CC[C@H](CN1CCCC1)Nc1ccc(S(C)(=O)=O)cc1[N+](=O)[O-]. The first-order valence-electron chi connectivity index (χ1n) is 7.78. The highest BCUT2D eigenvalue weighted by Crippen LogP contribution is 2.28. The molecule has 1 fully saturated rings. The minimum absolute atomic E-state index is 0.0395. The van der Waals surface area contributed by atoms with Crippen LogP contribution in [0.4, 0.5) is 11.4 Å². The number of hydrogen-bond donors (Lipinski definition) is 1. The third kappa shape index (κ3) is 4.65. The summed E-state index contributed by atoms with van der Waals surface area (Å²) in [5.74, 6) is 0. The zero-order valence-corrected chi connectivity index (χ0v) is 14.3. The van der Waals surface area contributed by atoms with Gasteiger partial charge in [0.2, 0.25) is 0 Å². The van der Waals surface area contributed by atoms with Crippen LogP contribution in [0.2, 0.25) is 0 Å². The van der Waals surface area contributed by atoms with E-state index in [1.165, 1.54) is 25.0 Å². The van der Waals surface area contributed by atoms with Crippen LogP contribution in [-0.4, -0.2) is 50.2 Å². The average Bonchev–Trinajstić information content (AvgIpc) is 2.98. The molecule has 0 spiro atoms. The fourth-order valence-corrected chi connectivity index (χ4v) is 3.43. The summed E-state index contributed by atoms with van der Waals surface area (Å²) in [5.41, 5.74) is 0.168. The van der Waals surface area contributed by atoms with Gasteiger partial charge in [-0.15, -0.1) is 0 Å². The Balaban J connectivity index is 2.21. The lowest BCUT2D eigenvalue weighted by Crippen LogP contribution is -2.34. The van der Waals surface area contributed by atoms with Gasteiger partial charge in [-0.3, -0.25) is 10.1 Å². The number of nitrogens with zero attached hydrogens (tertiary/aromatic N) is 2. The molecule has 0 unspecified atom stereocenters. The standard InChI is InChI=1S/C15H23N3O4S/c1-3-12(11-17-8-4-5-9-17)16-14-7-6-13(23(2,21)22)10-15(14)18(19)20/h6-7,10,12,16H,3-5,8-9,11H2,1-2H3/t12-/m1/s1. The van der Waals surface area contributed by atoms with E-state index in [2.05, 4.69) is 10.2 Å². The van der Waals surface area contributed by atoms with Crippen molar-refractivity contribution in [2.24, 2.45) is 0 Å². The van der Waals surface area contributed by atoms with Gasteiger partial charge in [-0.05, 0) is 44.5 Å². The summed E-state index contributed by atoms with van der Waals surface area (Å²) in [4.78, 5) is 13.0. The van der Waals surface area contributed by atoms with Gasteiger partial charge in [0.25, 0.3) is 5.69 Å². The largest absolute Gasteiger partial charge is 0.375 e. The van der Waals surface area contributed by atoms with Gasteiger partial charge in [-0.25, -0.2) is 8.42 Å². The van der Waals surface area contributed by atoms with Gasteiger partial charge in [0, 0.05) is 24.9 Å². The van der Waals surface area contributed by atoms with Crippen molar-refractivity contribution in [3.05, 3.63) is 28.3 Å². The van der Waals surface area contributed by atoms with Crippen LogP contribution in [0.15, 0.2) is 23.1 Å². The summed E-state index contributed by atoms with van der Waals surface area (Å²) in [6.45, 7) is 4.99. The molecule has 1 aromatic rings. The van der Waals surface area contributed by atoms with Gasteiger partial charge in [-0.2, -0.15) is 0 Å². The van der Waals surface area contributed by atoms with Gasteiger partial charge >= 0.3 is 0 Å². The highest BCUT2D eigenvalue weighted by atomic mass is 32.2. The molecule has 1 saturated heterocycles. The van der Waals surface area contributed by atoms with Gasteiger partial charge < -0.3 is 10.2 Å². The van der Waals surface area contributed by atoms with Crippen molar-refractivity contribution in [1.29, 1.82) is 0 Å². The highest BCUT2D eigenvalue weighted by Gasteiger charge is 2.22. The first-order chi connectivity index (χ1) is 10.8. The number of benzene rings is 1. The normalized spacial score (nSPS) is 17.1. The topological polar surface area (TPSA) is 92.6 Å². The van der Waals surface area contributed by atoms with Crippen molar-refractivity contribution in [3.8, 4) is 0 Å². The zero-order chi connectivity index (χ0) is 17.0. The number of nitro benzene ring substituents is 1.